The maximum Gasteiger partial charge on any atom is 0.342 e. The van der Waals surface area contributed by atoms with E-state index in [2.05, 4.69) is 5.32 Å². The van der Waals surface area contributed by atoms with Crippen molar-refractivity contribution < 1.29 is 24.0 Å². The van der Waals surface area contributed by atoms with Gasteiger partial charge in [0.05, 0.1) is 23.3 Å². The van der Waals surface area contributed by atoms with Crippen molar-refractivity contribution >= 4 is 17.3 Å². The van der Waals surface area contributed by atoms with Gasteiger partial charge in [-0.05, 0) is 18.9 Å². The Labute approximate surface area is 113 Å². The van der Waals surface area contributed by atoms with Crippen LogP contribution in [0.3, 0.4) is 0 Å². The van der Waals surface area contributed by atoms with Gasteiger partial charge in [0.1, 0.15) is 5.56 Å². The van der Waals surface area contributed by atoms with Crippen LogP contribution in [0.2, 0.25) is 0 Å². The second-order valence-corrected chi connectivity index (χ2v) is 4.47. The predicted octanol–water partition coefficient (Wildman–Crippen LogP) is 2.02. The highest BCUT2D eigenvalue weighted by Gasteiger charge is 2.24. The molecule has 1 unspecified atom stereocenters. The minimum absolute atomic E-state index is 0.0662. The molecule has 0 bridgehead atoms. The molecule has 8 heteroatoms. The van der Waals surface area contributed by atoms with Gasteiger partial charge in [-0.3, -0.25) is 10.1 Å². The fourth-order valence-electron chi connectivity index (χ4n) is 2.07. The molecular weight excluding hydrogens is 271 g/mol. The molecule has 2 N–H and O–H groups in total. The molecule has 1 atom stereocenters. The summed E-state index contributed by atoms with van der Waals surface area (Å²) >= 11 is 0. The van der Waals surface area contributed by atoms with Crippen LogP contribution in [-0.2, 0) is 4.74 Å². The number of nitrogens with zero attached hydrogens (tertiary/aromatic N) is 1. The molecule has 0 radical (unpaired) electrons. The summed E-state index contributed by atoms with van der Waals surface area (Å²) in [4.78, 5) is 20.8. The number of ether oxygens (including phenoxy) is 1. The number of hydrogen-bond donors (Lipinski definition) is 2. The monoisotopic (exact) mass is 284 g/mol. The van der Waals surface area contributed by atoms with Gasteiger partial charge in [-0.1, -0.05) is 0 Å². The number of halogens is 1. The van der Waals surface area contributed by atoms with Crippen molar-refractivity contribution in [3.05, 3.63) is 33.6 Å². The standard InChI is InChI=1S/C12H13FN2O5/c13-9-5-11(15(18)19)8(12(16)17)4-10(9)14-7-2-1-3-20-6-7/h4-5,7,14H,1-3,6H2,(H,16,17). The van der Waals surface area contributed by atoms with E-state index in [1.165, 1.54) is 0 Å². The topological polar surface area (TPSA) is 102 Å². The maximum absolute atomic E-state index is 13.8. The second kappa shape index (κ2) is 5.83. The summed E-state index contributed by atoms with van der Waals surface area (Å²) in [7, 11) is 0. The van der Waals surface area contributed by atoms with Gasteiger partial charge in [0.2, 0.25) is 0 Å². The molecule has 0 saturated carbocycles. The lowest BCUT2D eigenvalue weighted by Crippen LogP contribution is -2.30. The van der Waals surface area contributed by atoms with Crippen molar-refractivity contribution in [3.8, 4) is 0 Å². The molecule has 1 fully saturated rings. The van der Waals surface area contributed by atoms with E-state index < -0.39 is 28.0 Å². The normalized spacial score (nSPS) is 18.6. The molecule has 1 heterocycles. The molecule has 2 rings (SSSR count). The molecule has 0 amide bonds. The molecule has 0 spiro atoms. The molecular formula is C12H13FN2O5. The number of carbonyl (C=O) groups is 1. The molecule has 108 valence electrons. The van der Waals surface area contributed by atoms with Gasteiger partial charge in [-0.2, -0.15) is 0 Å². The first kappa shape index (κ1) is 14.2. The number of aromatic carboxylic acids is 1. The minimum Gasteiger partial charge on any atom is -0.477 e. The molecule has 0 aliphatic carbocycles. The maximum atomic E-state index is 13.8. The van der Waals surface area contributed by atoms with Gasteiger partial charge < -0.3 is 15.2 Å². The molecule has 1 saturated heterocycles. The number of carboxylic acid groups (broad SMARTS) is 1. The van der Waals surface area contributed by atoms with Crippen LogP contribution in [-0.4, -0.2) is 35.3 Å². The second-order valence-electron chi connectivity index (χ2n) is 4.47. The summed E-state index contributed by atoms with van der Waals surface area (Å²) in [6.07, 6.45) is 1.58. The van der Waals surface area contributed by atoms with Crippen molar-refractivity contribution in [2.45, 2.75) is 18.9 Å². The summed E-state index contributed by atoms with van der Waals surface area (Å²) in [6.45, 7) is 1.03. The van der Waals surface area contributed by atoms with Crippen LogP contribution in [0.5, 0.6) is 0 Å². The molecule has 1 aliphatic rings. The quantitative estimate of drug-likeness (QED) is 0.648. The lowest BCUT2D eigenvalue weighted by atomic mass is 10.1. The van der Waals surface area contributed by atoms with Crippen LogP contribution in [0.15, 0.2) is 12.1 Å². The van der Waals surface area contributed by atoms with Gasteiger partial charge in [0.25, 0.3) is 5.69 Å². The zero-order valence-electron chi connectivity index (χ0n) is 10.5. The molecule has 20 heavy (non-hydrogen) atoms. The average molecular weight is 284 g/mol. The number of rotatable bonds is 4. The first-order valence-corrected chi connectivity index (χ1v) is 6.04. The Bertz CT molecular complexity index is 543. The summed E-state index contributed by atoms with van der Waals surface area (Å²) in [6, 6.07) is 1.43. The predicted molar refractivity (Wildman–Crippen MR) is 67.5 cm³/mol. The average Bonchev–Trinajstić information content (AvgIpc) is 2.41. The first-order chi connectivity index (χ1) is 9.49. The molecule has 7 nitrogen and oxygen atoms in total. The summed E-state index contributed by atoms with van der Waals surface area (Å²) in [5, 5.41) is 22.5. The minimum atomic E-state index is -1.47. The van der Waals surface area contributed by atoms with Crippen LogP contribution < -0.4 is 5.32 Å². The van der Waals surface area contributed by atoms with Crippen molar-refractivity contribution in [1.29, 1.82) is 0 Å². The zero-order chi connectivity index (χ0) is 14.7. The largest absolute Gasteiger partial charge is 0.477 e. The highest BCUT2D eigenvalue weighted by Crippen LogP contribution is 2.27. The highest BCUT2D eigenvalue weighted by atomic mass is 19.1. The van der Waals surface area contributed by atoms with Crippen molar-refractivity contribution in [3.63, 3.8) is 0 Å². The number of nitro groups is 1. The van der Waals surface area contributed by atoms with Crippen LogP contribution in [0.1, 0.15) is 23.2 Å². The van der Waals surface area contributed by atoms with Gasteiger partial charge in [0, 0.05) is 12.6 Å². The summed E-state index contributed by atoms with van der Waals surface area (Å²) < 4.78 is 19.0. The van der Waals surface area contributed by atoms with E-state index in [4.69, 9.17) is 9.84 Å². The molecule has 1 aromatic carbocycles. The zero-order valence-corrected chi connectivity index (χ0v) is 10.5. The third-order valence-electron chi connectivity index (χ3n) is 3.03. The van der Waals surface area contributed by atoms with Crippen LogP contribution >= 0.6 is 0 Å². The lowest BCUT2D eigenvalue weighted by molar-refractivity contribution is -0.385. The third-order valence-corrected chi connectivity index (χ3v) is 3.03. The number of nitro benzene ring substituents is 1. The fraction of sp³-hybridized carbons (Fsp3) is 0.417. The first-order valence-electron chi connectivity index (χ1n) is 6.04. The Morgan fingerprint density at radius 1 is 1.55 bits per heavy atom. The van der Waals surface area contributed by atoms with Gasteiger partial charge in [0.15, 0.2) is 5.82 Å². The Balaban J connectivity index is 2.31. The van der Waals surface area contributed by atoms with Crippen molar-refractivity contribution in [2.24, 2.45) is 0 Å². The molecule has 1 aliphatic heterocycles. The van der Waals surface area contributed by atoms with E-state index in [1.54, 1.807) is 0 Å². The van der Waals surface area contributed by atoms with Crippen molar-refractivity contribution in [2.75, 3.05) is 18.5 Å². The van der Waals surface area contributed by atoms with E-state index in [1.807, 2.05) is 0 Å². The lowest BCUT2D eigenvalue weighted by Gasteiger charge is -2.24. The van der Waals surface area contributed by atoms with Crippen LogP contribution in [0.4, 0.5) is 15.8 Å². The fourth-order valence-corrected chi connectivity index (χ4v) is 2.07. The number of anilines is 1. The van der Waals surface area contributed by atoms with E-state index in [0.717, 1.165) is 18.9 Å². The van der Waals surface area contributed by atoms with Gasteiger partial charge in [-0.15, -0.1) is 0 Å². The number of carboxylic acids is 1. The van der Waals surface area contributed by atoms with Crippen LogP contribution in [0.25, 0.3) is 0 Å². The number of nitrogens with one attached hydrogen (secondary N) is 1. The summed E-state index contributed by atoms with van der Waals surface area (Å²) in [5.74, 6) is -2.33. The van der Waals surface area contributed by atoms with Crippen molar-refractivity contribution in [1.82, 2.24) is 0 Å². The SMILES string of the molecule is O=C(O)c1cc(NC2CCCOC2)c(F)cc1[N+](=O)[O-]. The Morgan fingerprint density at radius 3 is 2.85 bits per heavy atom. The van der Waals surface area contributed by atoms with Gasteiger partial charge in [-0.25, -0.2) is 9.18 Å². The van der Waals surface area contributed by atoms with E-state index >= 15 is 0 Å². The smallest absolute Gasteiger partial charge is 0.342 e. The van der Waals surface area contributed by atoms with Gasteiger partial charge >= 0.3 is 5.97 Å². The highest BCUT2D eigenvalue weighted by molar-refractivity contribution is 5.93. The number of benzene rings is 1. The van der Waals surface area contributed by atoms with Crippen LogP contribution in [0, 0.1) is 15.9 Å². The number of hydrogen-bond acceptors (Lipinski definition) is 5. The Morgan fingerprint density at radius 2 is 2.30 bits per heavy atom. The molecule has 0 aromatic heterocycles. The van der Waals surface area contributed by atoms with E-state index in [-0.39, 0.29) is 11.7 Å². The summed E-state index contributed by atoms with van der Waals surface area (Å²) in [5.41, 5.74) is -1.38. The van der Waals surface area contributed by atoms with E-state index in [9.17, 15) is 19.3 Å². The molecule has 1 aromatic rings. The Kier molecular flexibility index (Phi) is 4.14. The third kappa shape index (κ3) is 3.02. The van der Waals surface area contributed by atoms with E-state index in [0.29, 0.717) is 19.3 Å². The Hall–Kier alpha value is -2.22.